The van der Waals surface area contributed by atoms with Crippen molar-refractivity contribution < 1.29 is 59.4 Å². The number of benzene rings is 1. The summed E-state index contributed by atoms with van der Waals surface area (Å²) in [5.74, 6) is -17.6. The molecule has 1 unspecified atom stereocenters. The largest absolute Gasteiger partial charge is 0.480 e. The second-order valence-corrected chi connectivity index (χ2v) is 7.12. The van der Waals surface area contributed by atoms with Crippen molar-refractivity contribution in [2.45, 2.75) is 18.8 Å². The smallest absolute Gasteiger partial charge is 0.324 e. The second kappa shape index (κ2) is 7.65. The number of carboxylic acids is 6. The van der Waals surface area contributed by atoms with E-state index in [1.165, 1.54) is 0 Å². The van der Waals surface area contributed by atoms with E-state index >= 15 is 0 Å². The normalized spacial score (nSPS) is 20.3. The van der Waals surface area contributed by atoms with Gasteiger partial charge in [-0.15, -0.1) is 0 Å². The van der Waals surface area contributed by atoms with Crippen LogP contribution in [0, 0.1) is 27.6 Å². The molecule has 1 fully saturated rings. The Morgan fingerprint density at radius 2 is 1.19 bits per heavy atom. The fourth-order valence-electron chi connectivity index (χ4n) is 4.70. The lowest BCUT2D eigenvalue weighted by molar-refractivity contribution is -0.227. The molecular formula is C19H15NO12. The quantitative estimate of drug-likeness (QED) is 0.298. The van der Waals surface area contributed by atoms with Gasteiger partial charge in [-0.25, -0.2) is 0 Å². The molecule has 0 heterocycles. The van der Waals surface area contributed by atoms with Gasteiger partial charge in [0.25, 0.3) is 0 Å². The van der Waals surface area contributed by atoms with Crippen molar-refractivity contribution in [1.29, 1.82) is 5.26 Å². The molecule has 0 saturated heterocycles. The molecule has 0 radical (unpaired) electrons. The summed E-state index contributed by atoms with van der Waals surface area (Å²) >= 11 is 0. The Bertz CT molecular complexity index is 1040. The molecule has 0 aromatic heterocycles. The minimum absolute atomic E-state index is 0.0500. The maximum atomic E-state index is 12.4. The van der Waals surface area contributed by atoms with Crippen LogP contribution in [0.1, 0.15) is 29.9 Å². The lowest BCUT2D eigenvalue weighted by atomic mass is 9.40. The molecule has 2 rings (SSSR count). The minimum Gasteiger partial charge on any atom is -0.480 e. The Morgan fingerprint density at radius 1 is 0.750 bits per heavy atom. The van der Waals surface area contributed by atoms with Crippen molar-refractivity contribution in [3.8, 4) is 6.07 Å². The molecule has 1 aromatic carbocycles. The molecule has 1 aromatic rings. The van der Waals surface area contributed by atoms with Gasteiger partial charge in [0, 0.05) is 5.92 Å². The van der Waals surface area contributed by atoms with Gasteiger partial charge in [-0.1, -0.05) is 12.1 Å². The molecule has 0 spiro atoms. The highest BCUT2D eigenvalue weighted by molar-refractivity contribution is 6.21. The number of rotatable bonds is 7. The van der Waals surface area contributed by atoms with Crippen molar-refractivity contribution in [3.63, 3.8) is 0 Å². The Morgan fingerprint density at radius 3 is 1.50 bits per heavy atom. The molecule has 0 bridgehead atoms. The van der Waals surface area contributed by atoms with Crippen LogP contribution in [-0.4, -0.2) is 66.5 Å². The van der Waals surface area contributed by atoms with Crippen LogP contribution >= 0.6 is 0 Å². The van der Waals surface area contributed by atoms with Gasteiger partial charge in [-0.3, -0.25) is 28.8 Å². The van der Waals surface area contributed by atoms with Gasteiger partial charge in [-0.2, -0.15) is 5.26 Å². The van der Waals surface area contributed by atoms with Gasteiger partial charge < -0.3 is 30.6 Å². The fourth-order valence-corrected chi connectivity index (χ4v) is 4.70. The van der Waals surface area contributed by atoms with Gasteiger partial charge in [0.15, 0.2) is 10.8 Å². The zero-order valence-corrected chi connectivity index (χ0v) is 15.9. The Hall–Kier alpha value is -4.47. The molecule has 1 aliphatic rings. The van der Waals surface area contributed by atoms with E-state index in [-0.39, 0.29) is 11.1 Å². The molecule has 6 N–H and O–H groups in total. The minimum atomic E-state index is -4.37. The van der Waals surface area contributed by atoms with E-state index in [2.05, 4.69) is 0 Å². The lowest BCUT2D eigenvalue weighted by Crippen LogP contribution is -2.75. The van der Waals surface area contributed by atoms with E-state index in [0.717, 1.165) is 24.3 Å². The summed E-state index contributed by atoms with van der Waals surface area (Å²) in [6, 6.07) is 6.12. The SMILES string of the molecule is N#Cc1ccc(C2CCC(C(=O)O)(C(=O)O)C(C(=O)O)(C(=O)O)C2(C(=O)O)C(=O)O)cc1. The van der Waals surface area contributed by atoms with Crippen molar-refractivity contribution >= 4 is 35.8 Å². The summed E-state index contributed by atoms with van der Waals surface area (Å²) < 4.78 is 0. The third kappa shape index (κ3) is 2.56. The number of carbonyl (C=O) groups is 6. The highest BCUT2D eigenvalue weighted by Crippen LogP contribution is 2.66. The van der Waals surface area contributed by atoms with Gasteiger partial charge in [0.05, 0.1) is 11.6 Å². The van der Waals surface area contributed by atoms with Crippen molar-refractivity contribution in [2.24, 2.45) is 16.2 Å². The van der Waals surface area contributed by atoms with Crippen LogP contribution < -0.4 is 0 Å². The fraction of sp³-hybridized carbons (Fsp3) is 0.316. The number of nitrogens with zero attached hydrogens (tertiary/aromatic N) is 1. The molecule has 0 amide bonds. The molecule has 168 valence electrons. The van der Waals surface area contributed by atoms with Crippen molar-refractivity contribution in [1.82, 2.24) is 0 Å². The van der Waals surface area contributed by atoms with Gasteiger partial charge in [-0.05, 0) is 30.5 Å². The maximum absolute atomic E-state index is 12.4. The standard InChI is InChI=1S/C19H15NO12/c20-7-8-1-3-9(4-2-8)10-5-6-17(11(21)22,12(23)24)19(15(29)30,16(31)32)18(10,13(25)26)14(27)28/h1-4,10H,5-6H2,(H,21,22)(H,23,24)(H,25,26)(H,27,28)(H,29,30)(H,31,32). The monoisotopic (exact) mass is 449 g/mol. The summed E-state index contributed by atoms with van der Waals surface area (Å²) in [5.41, 5.74) is -12.4. The van der Waals surface area contributed by atoms with Crippen molar-refractivity contribution in [2.75, 3.05) is 0 Å². The average molecular weight is 449 g/mol. The summed E-state index contributed by atoms with van der Waals surface area (Å²) in [6.07, 6.45) is -2.02. The molecule has 32 heavy (non-hydrogen) atoms. The third-order valence-electron chi connectivity index (χ3n) is 6.05. The van der Waals surface area contributed by atoms with Gasteiger partial charge in [0.2, 0.25) is 5.41 Å². The second-order valence-electron chi connectivity index (χ2n) is 7.12. The van der Waals surface area contributed by atoms with E-state index in [1.807, 2.05) is 0 Å². The van der Waals surface area contributed by atoms with Crippen LogP contribution in [0.3, 0.4) is 0 Å². The first-order valence-electron chi connectivity index (χ1n) is 8.70. The molecule has 13 nitrogen and oxygen atoms in total. The Kier molecular flexibility index (Phi) is 5.69. The summed E-state index contributed by atoms with van der Waals surface area (Å²) in [5, 5.41) is 68.0. The Labute approximate surface area is 177 Å². The summed E-state index contributed by atoms with van der Waals surface area (Å²) in [6.45, 7) is 0. The zero-order valence-electron chi connectivity index (χ0n) is 15.9. The number of hydrogen-bond acceptors (Lipinski definition) is 7. The molecule has 1 saturated carbocycles. The first-order valence-corrected chi connectivity index (χ1v) is 8.70. The first kappa shape index (κ1) is 23.8. The van der Waals surface area contributed by atoms with E-state index in [1.54, 1.807) is 6.07 Å². The number of carboxylic acid groups (broad SMARTS) is 6. The maximum Gasteiger partial charge on any atom is 0.324 e. The molecule has 1 atom stereocenters. The first-order chi connectivity index (χ1) is 14.8. The van der Waals surface area contributed by atoms with Crippen LogP contribution in [0.15, 0.2) is 24.3 Å². The number of aliphatic carboxylic acids is 6. The van der Waals surface area contributed by atoms with E-state index in [0.29, 0.717) is 0 Å². The highest BCUT2D eigenvalue weighted by Gasteiger charge is 2.87. The topological polar surface area (TPSA) is 248 Å². The lowest BCUT2D eigenvalue weighted by Gasteiger charge is -2.53. The van der Waals surface area contributed by atoms with E-state index in [4.69, 9.17) is 5.26 Å². The van der Waals surface area contributed by atoms with Crippen LogP contribution in [0.5, 0.6) is 0 Å². The highest BCUT2D eigenvalue weighted by atomic mass is 16.4. The molecular weight excluding hydrogens is 434 g/mol. The summed E-state index contributed by atoms with van der Waals surface area (Å²) in [4.78, 5) is 73.8. The van der Waals surface area contributed by atoms with Crippen LogP contribution in [0.25, 0.3) is 0 Å². The molecule has 1 aliphatic carbocycles. The summed E-state index contributed by atoms with van der Waals surface area (Å²) in [7, 11) is 0. The number of nitriles is 1. The molecule has 13 heteroatoms. The Balaban J connectivity index is 3.17. The average Bonchev–Trinajstić information content (AvgIpc) is 2.70. The molecule has 0 aliphatic heterocycles. The van der Waals surface area contributed by atoms with E-state index < -0.39 is 70.8 Å². The number of hydrogen-bond donors (Lipinski definition) is 6. The predicted octanol–water partition coefficient (Wildman–Crippen LogP) is -0.0975. The predicted molar refractivity (Wildman–Crippen MR) is 96.2 cm³/mol. The van der Waals surface area contributed by atoms with Crippen LogP contribution in [0.2, 0.25) is 0 Å². The zero-order chi connectivity index (χ0) is 24.6. The van der Waals surface area contributed by atoms with Crippen molar-refractivity contribution in [3.05, 3.63) is 35.4 Å². The third-order valence-corrected chi connectivity index (χ3v) is 6.05. The van der Waals surface area contributed by atoms with Gasteiger partial charge >= 0.3 is 35.8 Å². The van der Waals surface area contributed by atoms with E-state index in [9.17, 15) is 59.4 Å². The van der Waals surface area contributed by atoms with Gasteiger partial charge in [0.1, 0.15) is 0 Å². The van der Waals surface area contributed by atoms with Crippen LogP contribution in [-0.2, 0) is 28.8 Å². The van der Waals surface area contributed by atoms with Crippen LogP contribution in [0.4, 0.5) is 0 Å².